The zero-order chi connectivity index (χ0) is 26.3. The molecule has 0 aliphatic carbocycles. The molecule has 1 saturated heterocycles. The summed E-state index contributed by atoms with van der Waals surface area (Å²) in [5.74, 6) is -1.23. The van der Waals surface area contributed by atoms with Crippen LogP contribution in [0.1, 0.15) is 22.5 Å². The molecule has 4 rings (SSSR count). The number of aromatic nitrogens is 1. The first-order valence-corrected chi connectivity index (χ1v) is 11.1. The molecule has 0 saturated carbocycles. The second-order valence-corrected chi connectivity index (χ2v) is 8.52. The van der Waals surface area contributed by atoms with Crippen LogP contribution in [0.4, 0.5) is 16.2 Å². The Bertz CT molecular complexity index is 1490. The number of urea groups is 1. The molecular formula is C25H21ClN4O6. The van der Waals surface area contributed by atoms with Crippen LogP contribution in [0, 0.1) is 30.9 Å². The minimum Gasteiger partial charge on any atom is -0.495 e. The van der Waals surface area contributed by atoms with Gasteiger partial charge < -0.3 is 9.30 Å². The van der Waals surface area contributed by atoms with Gasteiger partial charge in [0.1, 0.15) is 11.3 Å². The van der Waals surface area contributed by atoms with Crippen LogP contribution >= 0.6 is 11.6 Å². The fraction of sp³-hybridized carbons (Fsp3) is 0.160. The van der Waals surface area contributed by atoms with Crippen molar-refractivity contribution in [3.8, 4) is 11.4 Å². The lowest BCUT2D eigenvalue weighted by Crippen LogP contribution is -2.54. The lowest BCUT2D eigenvalue weighted by Gasteiger charge is -2.27. The molecule has 10 nitrogen and oxygen atoms in total. The smallest absolute Gasteiger partial charge is 0.335 e. The number of nitro benzene ring substituents is 1. The molecule has 2 heterocycles. The molecule has 2 aromatic carbocycles. The average molecular weight is 509 g/mol. The van der Waals surface area contributed by atoms with Gasteiger partial charge in [0, 0.05) is 28.5 Å². The number of benzene rings is 2. The highest BCUT2D eigenvalue weighted by Gasteiger charge is 2.38. The summed E-state index contributed by atoms with van der Waals surface area (Å²) in [4.78, 5) is 50.3. The third kappa shape index (κ3) is 4.11. The van der Waals surface area contributed by atoms with Gasteiger partial charge in [0.2, 0.25) is 0 Å². The highest BCUT2D eigenvalue weighted by Crippen LogP contribution is 2.33. The number of nitro groups is 1. The predicted octanol–water partition coefficient (Wildman–Crippen LogP) is 4.64. The topological polar surface area (TPSA) is 124 Å². The molecule has 0 bridgehead atoms. The molecule has 36 heavy (non-hydrogen) atoms. The van der Waals surface area contributed by atoms with Crippen LogP contribution in [0.5, 0.6) is 5.75 Å². The zero-order valence-electron chi connectivity index (χ0n) is 19.8. The standard InChI is InChI=1S/C25H21ClN4O6/c1-13-10-16(15(3)28(13)21-12-17(30(34)35)8-9-22(21)36-4)11-18-23(31)27-25(33)29(24(18)32)20-7-5-6-19(26)14(20)2/h5-12H,1-4H3,(H,27,31,33)/b18-11+. The van der Waals surface area contributed by atoms with Gasteiger partial charge in [-0.1, -0.05) is 17.7 Å². The van der Waals surface area contributed by atoms with Crippen molar-refractivity contribution in [2.75, 3.05) is 12.0 Å². The Morgan fingerprint density at radius 3 is 2.44 bits per heavy atom. The molecule has 3 aromatic rings. The van der Waals surface area contributed by atoms with E-state index < -0.39 is 22.8 Å². The molecule has 0 atom stereocenters. The third-order valence-corrected chi connectivity index (χ3v) is 6.38. The number of imide groups is 2. The molecule has 1 N–H and O–H groups in total. The van der Waals surface area contributed by atoms with Gasteiger partial charge in [-0.3, -0.25) is 25.0 Å². The number of anilines is 1. The maximum absolute atomic E-state index is 13.3. The third-order valence-electron chi connectivity index (χ3n) is 5.97. The van der Waals surface area contributed by atoms with Gasteiger partial charge in [-0.25, -0.2) is 9.69 Å². The summed E-state index contributed by atoms with van der Waals surface area (Å²) in [6.45, 7) is 5.19. The summed E-state index contributed by atoms with van der Waals surface area (Å²) in [6, 6.07) is 9.87. The Morgan fingerprint density at radius 1 is 1.06 bits per heavy atom. The van der Waals surface area contributed by atoms with E-state index in [1.54, 1.807) is 49.6 Å². The average Bonchev–Trinajstić information content (AvgIpc) is 3.11. The molecule has 1 aliphatic rings. The number of non-ortho nitro benzene ring substituents is 1. The number of carbonyl (C=O) groups is 3. The van der Waals surface area contributed by atoms with E-state index in [2.05, 4.69) is 5.32 Å². The summed E-state index contributed by atoms with van der Waals surface area (Å²) in [6.07, 6.45) is 1.39. The van der Waals surface area contributed by atoms with E-state index >= 15 is 0 Å². The van der Waals surface area contributed by atoms with Crippen LogP contribution in [0.25, 0.3) is 11.8 Å². The van der Waals surface area contributed by atoms with Crippen LogP contribution in [-0.4, -0.2) is 34.4 Å². The second-order valence-electron chi connectivity index (χ2n) is 8.12. The number of ether oxygens (including phenoxy) is 1. The molecule has 0 spiro atoms. The number of carbonyl (C=O) groups excluding carboxylic acids is 3. The van der Waals surface area contributed by atoms with E-state index in [9.17, 15) is 24.5 Å². The monoisotopic (exact) mass is 508 g/mol. The van der Waals surface area contributed by atoms with E-state index in [0.717, 1.165) is 4.90 Å². The number of nitrogens with one attached hydrogen (secondary N) is 1. The highest BCUT2D eigenvalue weighted by molar-refractivity contribution is 6.40. The first kappa shape index (κ1) is 24.7. The van der Waals surface area contributed by atoms with Crippen molar-refractivity contribution in [3.63, 3.8) is 0 Å². The molecular weight excluding hydrogens is 488 g/mol. The molecule has 0 radical (unpaired) electrons. The van der Waals surface area contributed by atoms with Gasteiger partial charge in [-0.2, -0.15) is 0 Å². The normalized spacial score (nSPS) is 14.9. The molecule has 184 valence electrons. The second kappa shape index (κ2) is 9.31. The van der Waals surface area contributed by atoms with Crippen molar-refractivity contribution >= 4 is 46.9 Å². The van der Waals surface area contributed by atoms with E-state index in [4.69, 9.17) is 16.3 Å². The van der Waals surface area contributed by atoms with Crippen molar-refractivity contribution in [2.45, 2.75) is 20.8 Å². The van der Waals surface area contributed by atoms with Gasteiger partial charge in [0.05, 0.1) is 23.4 Å². The minimum absolute atomic E-state index is 0.119. The molecule has 0 unspecified atom stereocenters. The maximum Gasteiger partial charge on any atom is 0.335 e. The van der Waals surface area contributed by atoms with Gasteiger partial charge in [0.25, 0.3) is 17.5 Å². The number of hydrogen-bond acceptors (Lipinski definition) is 6. The first-order valence-electron chi connectivity index (χ1n) is 10.7. The Balaban J connectivity index is 1.83. The maximum atomic E-state index is 13.3. The van der Waals surface area contributed by atoms with Gasteiger partial charge in [-0.05, 0) is 62.2 Å². The van der Waals surface area contributed by atoms with E-state index in [1.807, 2.05) is 0 Å². The number of methoxy groups -OCH3 is 1. The summed E-state index contributed by atoms with van der Waals surface area (Å²) >= 11 is 6.17. The van der Waals surface area contributed by atoms with Crippen LogP contribution in [0.15, 0.2) is 48.0 Å². The van der Waals surface area contributed by atoms with Gasteiger partial charge >= 0.3 is 6.03 Å². The van der Waals surface area contributed by atoms with Crippen LogP contribution in [-0.2, 0) is 9.59 Å². The number of nitrogens with zero attached hydrogens (tertiary/aromatic N) is 3. The first-order chi connectivity index (χ1) is 17.0. The SMILES string of the molecule is COc1ccc([N+](=O)[O-])cc1-n1c(C)cc(/C=C2\C(=O)NC(=O)N(c3cccc(Cl)c3C)C2=O)c1C. The Hall–Kier alpha value is -4.44. The molecule has 4 amide bonds. The van der Waals surface area contributed by atoms with E-state index in [0.29, 0.717) is 39.0 Å². The van der Waals surface area contributed by atoms with Crippen molar-refractivity contribution in [1.82, 2.24) is 9.88 Å². The quantitative estimate of drug-likeness (QED) is 0.232. The highest BCUT2D eigenvalue weighted by atomic mass is 35.5. The number of barbiturate groups is 1. The Labute approximate surface area is 210 Å². The summed E-state index contributed by atoms with van der Waals surface area (Å²) < 4.78 is 7.13. The summed E-state index contributed by atoms with van der Waals surface area (Å²) in [5, 5.41) is 13.9. The van der Waals surface area contributed by atoms with Crippen molar-refractivity contribution in [2.24, 2.45) is 0 Å². The largest absolute Gasteiger partial charge is 0.495 e. The van der Waals surface area contributed by atoms with Crippen molar-refractivity contribution in [1.29, 1.82) is 0 Å². The lowest BCUT2D eigenvalue weighted by molar-refractivity contribution is -0.384. The van der Waals surface area contributed by atoms with Crippen LogP contribution in [0.2, 0.25) is 5.02 Å². The number of hydrogen-bond donors (Lipinski definition) is 1. The number of aryl methyl sites for hydroxylation is 1. The molecule has 1 aliphatic heterocycles. The van der Waals surface area contributed by atoms with E-state index in [-0.39, 0.29) is 16.9 Å². The summed E-state index contributed by atoms with van der Waals surface area (Å²) in [7, 11) is 1.45. The summed E-state index contributed by atoms with van der Waals surface area (Å²) in [5.41, 5.74) is 2.62. The number of amides is 4. The predicted molar refractivity (Wildman–Crippen MR) is 134 cm³/mol. The molecule has 1 aromatic heterocycles. The van der Waals surface area contributed by atoms with Crippen molar-refractivity contribution < 1.29 is 24.0 Å². The lowest BCUT2D eigenvalue weighted by atomic mass is 10.1. The zero-order valence-corrected chi connectivity index (χ0v) is 20.5. The van der Waals surface area contributed by atoms with Gasteiger partial charge in [0.15, 0.2) is 0 Å². The Morgan fingerprint density at radius 2 is 1.78 bits per heavy atom. The van der Waals surface area contributed by atoms with Gasteiger partial charge in [-0.15, -0.1) is 0 Å². The fourth-order valence-corrected chi connectivity index (χ4v) is 4.31. The Kier molecular flexibility index (Phi) is 6.38. The van der Waals surface area contributed by atoms with E-state index in [1.165, 1.54) is 31.4 Å². The molecule has 11 heteroatoms. The number of rotatable bonds is 5. The van der Waals surface area contributed by atoms with Crippen LogP contribution in [0.3, 0.4) is 0 Å². The number of halogens is 1. The van der Waals surface area contributed by atoms with Crippen molar-refractivity contribution in [3.05, 3.63) is 85.7 Å². The van der Waals surface area contributed by atoms with Crippen LogP contribution < -0.4 is 15.0 Å². The minimum atomic E-state index is -0.876. The molecule has 1 fully saturated rings. The fourth-order valence-electron chi connectivity index (χ4n) is 4.14.